The molecule has 6 aromatic rings. The van der Waals surface area contributed by atoms with E-state index in [0.717, 1.165) is 22.3 Å². The van der Waals surface area contributed by atoms with Gasteiger partial charge < -0.3 is 13.9 Å². The molecular formula is C38H28O5. The van der Waals surface area contributed by atoms with Crippen LogP contribution in [0.25, 0.3) is 39.5 Å². The van der Waals surface area contributed by atoms with Crippen LogP contribution in [0.1, 0.15) is 33.2 Å². The van der Waals surface area contributed by atoms with Gasteiger partial charge in [-0.3, -0.25) is 4.79 Å². The van der Waals surface area contributed by atoms with Gasteiger partial charge in [-0.05, 0) is 60.0 Å². The van der Waals surface area contributed by atoms with Crippen LogP contribution in [0.2, 0.25) is 0 Å². The number of rotatable bonds is 9. The SMILES string of the molecule is CCOc1ccc2oc(-c3ccccc3)c(C(=O)Oc3ccc(/C=C/C(=O)c4ccc(-c5ccccc5)cc4)cc3)c2c1. The van der Waals surface area contributed by atoms with E-state index in [1.54, 1.807) is 42.5 Å². The lowest BCUT2D eigenvalue weighted by Crippen LogP contribution is -2.09. The Bertz CT molecular complexity index is 1900. The average Bonchev–Trinajstić information content (AvgIpc) is 3.44. The van der Waals surface area contributed by atoms with E-state index >= 15 is 0 Å². The zero-order chi connectivity index (χ0) is 29.6. The lowest BCUT2D eigenvalue weighted by atomic mass is 10.0. The van der Waals surface area contributed by atoms with Gasteiger partial charge in [0.05, 0.1) is 6.61 Å². The number of carbonyl (C=O) groups is 2. The first-order valence-corrected chi connectivity index (χ1v) is 14.0. The summed E-state index contributed by atoms with van der Waals surface area (Å²) in [7, 11) is 0. The topological polar surface area (TPSA) is 65.7 Å². The lowest BCUT2D eigenvalue weighted by Gasteiger charge is -2.07. The highest BCUT2D eigenvalue weighted by atomic mass is 16.5. The Kier molecular flexibility index (Phi) is 7.96. The number of esters is 1. The number of ether oxygens (including phenoxy) is 2. The number of allylic oxidation sites excluding steroid dienone is 1. The summed E-state index contributed by atoms with van der Waals surface area (Å²) < 4.78 is 17.6. The molecule has 5 heteroatoms. The second-order valence-electron chi connectivity index (χ2n) is 9.86. The minimum absolute atomic E-state index is 0.0955. The maximum Gasteiger partial charge on any atom is 0.348 e. The molecule has 0 fully saturated rings. The van der Waals surface area contributed by atoms with Crippen LogP contribution in [0.15, 0.2) is 138 Å². The fourth-order valence-electron chi connectivity index (χ4n) is 4.86. The number of furan rings is 1. The molecule has 0 aliphatic rings. The highest BCUT2D eigenvalue weighted by Crippen LogP contribution is 2.36. The molecule has 43 heavy (non-hydrogen) atoms. The van der Waals surface area contributed by atoms with Crippen LogP contribution in [0.4, 0.5) is 0 Å². The quantitative estimate of drug-likeness (QED) is 0.0758. The van der Waals surface area contributed by atoms with E-state index in [0.29, 0.717) is 46.0 Å². The third-order valence-electron chi connectivity index (χ3n) is 7.00. The fraction of sp³-hybridized carbons (Fsp3) is 0.0526. The molecule has 0 aliphatic heterocycles. The second kappa shape index (κ2) is 12.5. The Balaban J connectivity index is 1.18. The Morgan fingerprint density at radius 2 is 1.33 bits per heavy atom. The van der Waals surface area contributed by atoms with Crippen molar-refractivity contribution in [2.75, 3.05) is 6.61 Å². The van der Waals surface area contributed by atoms with Crippen molar-refractivity contribution in [2.24, 2.45) is 0 Å². The van der Waals surface area contributed by atoms with Crippen molar-refractivity contribution in [1.82, 2.24) is 0 Å². The molecular weight excluding hydrogens is 536 g/mol. The molecule has 0 saturated carbocycles. The molecule has 5 nitrogen and oxygen atoms in total. The van der Waals surface area contributed by atoms with Crippen LogP contribution in [0.5, 0.6) is 11.5 Å². The molecule has 0 amide bonds. The standard InChI is InChI=1S/C38H28O5/c1-2-41-32-22-24-35-33(25-32)36(37(43-35)30-11-7-4-8-12-30)38(40)42-31-20-13-26(14-21-31)15-23-34(39)29-18-16-28(17-19-29)27-9-5-3-6-10-27/h3-25H,2H2,1H3/b23-15+. The van der Waals surface area contributed by atoms with E-state index in [-0.39, 0.29) is 5.78 Å². The Hall–Kier alpha value is -5.68. The largest absolute Gasteiger partial charge is 0.494 e. The number of carbonyl (C=O) groups excluding carboxylic acids is 2. The summed E-state index contributed by atoms with van der Waals surface area (Å²) in [6.45, 7) is 2.41. The smallest absolute Gasteiger partial charge is 0.348 e. The predicted octanol–water partition coefficient (Wildman–Crippen LogP) is 9.28. The summed E-state index contributed by atoms with van der Waals surface area (Å²) in [4.78, 5) is 26.3. The number of ketones is 1. The second-order valence-corrected chi connectivity index (χ2v) is 9.86. The first-order chi connectivity index (χ1) is 21.1. The number of hydrogen-bond donors (Lipinski definition) is 0. The van der Waals surface area contributed by atoms with Crippen LogP contribution >= 0.6 is 0 Å². The molecule has 0 saturated heterocycles. The van der Waals surface area contributed by atoms with Crippen molar-refractivity contribution in [3.8, 4) is 33.9 Å². The number of hydrogen-bond acceptors (Lipinski definition) is 5. The number of benzene rings is 5. The summed E-state index contributed by atoms with van der Waals surface area (Å²) >= 11 is 0. The van der Waals surface area contributed by atoms with Crippen molar-refractivity contribution in [3.05, 3.63) is 150 Å². The van der Waals surface area contributed by atoms with Gasteiger partial charge in [0.2, 0.25) is 0 Å². The van der Waals surface area contributed by atoms with Crippen molar-refractivity contribution in [2.45, 2.75) is 6.92 Å². The lowest BCUT2D eigenvalue weighted by molar-refractivity contribution is 0.0736. The van der Waals surface area contributed by atoms with E-state index in [4.69, 9.17) is 13.9 Å². The van der Waals surface area contributed by atoms with Crippen molar-refractivity contribution in [1.29, 1.82) is 0 Å². The van der Waals surface area contributed by atoms with E-state index in [9.17, 15) is 9.59 Å². The third-order valence-corrected chi connectivity index (χ3v) is 7.00. The molecule has 0 bridgehead atoms. The highest BCUT2D eigenvalue weighted by Gasteiger charge is 2.24. The van der Waals surface area contributed by atoms with Crippen LogP contribution in [-0.4, -0.2) is 18.4 Å². The average molecular weight is 565 g/mol. The fourth-order valence-corrected chi connectivity index (χ4v) is 4.86. The summed E-state index contributed by atoms with van der Waals surface area (Å²) in [5.74, 6) is 0.816. The Labute approximate surface area is 249 Å². The Morgan fingerprint density at radius 3 is 2.00 bits per heavy atom. The van der Waals surface area contributed by atoms with Crippen LogP contribution in [-0.2, 0) is 0 Å². The summed E-state index contributed by atoms with van der Waals surface area (Å²) in [5.41, 5.74) is 5.23. The van der Waals surface area contributed by atoms with Gasteiger partial charge in [0.25, 0.3) is 0 Å². The minimum Gasteiger partial charge on any atom is -0.494 e. The van der Waals surface area contributed by atoms with Crippen molar-refractivity contribution in [3.63, 3.8) is 0 Å². The predicted molar refractivity (Wildman–Crippen MR) is 169 cm³/mol. The molecule has 210 valence electrons. The Morgan fingerprint density at radius 1 is 0.698 bits per heavy atom. The van der Waals surface area contributed by atoms with Gasteiger partial charge in [0.1, 0.15) is 28.4 Å². The summed E-state index contributed by atoms with van der Waals surface area (Å²) in [5, 5.41) is 0.615. The zero-order valence-electron chi connectivity index (χ0n) is 23.5. The molecule has 1 heterocycles. The highest BCUT2D eigenvalue weighted by molar-refractivity contribution is 6.10. The zero-order valence-corrected chi connectivity index (χ0v) is 23.5. The van der Waals surface area contributed by atoms with Gasteiger partial charge in [-0.25, -0.2) is 4.79 Å². The first kappa shape index (κ1) is 27.5. The molecule has 0 atom stereocenters. The van der Waals surface area contributed by atoms with Gasteiger partial charge in [-0.1, -0.05) is 103 Å². The van der Waals surface area contributed by atoms with Gasteiger partial charge in [0.15, 0.2) is 5.78 Å². The summed E-state index contributed by atoms with van der Waals surface area (Å²) in [6, 6.07) is 39.4. The van der Waals surface area contributed by atoms with Crippen molar-refractivity contribution >= 4 is 28.8 Å². The molecule has 0 N–H and O–H groups in total. The maximum atomic E-state index is 13.5. The third kappa shape index (κ3) is 6.16. The molecule has 0 radical (unpaired) electrons. The molecule has 0 unspecified atom stereocenters. The summed E-state index contributed by atoms with van der Waals surface area (Å²) in [6.07, 6.45) is 3.28. The van der Waals surface area contributed by atoms with Crippen LogP contribution < -0.4 is 9.47 Å². The van der Waals surface area contributed by atoms with E-state index in [1.807, 2.05) is 97.9 Å². The van der Waals surface area contributed by atoms with E-state index in [2.05, 4.69) is 0 Å². The van der Waals surface area contributed by atoms with Crippen LogP contribution in [0.3, 0.4) is 0 Å². The normalized spacial score (nSPS) is 11.1. The minimum atomic E-state index is -0.538. The van der Waals surface area contributed by atoms with E-state index < -0.39 is 5.97 Å². The van der Waals surface area contributed by atoms with Gasteiger partial charge >= 0.3 is 5.97 Å². The van der Waals surface area contributed by atoms with Crippen LogP contribution in [0, 0.1) is 0 Å². The molecule has 5 aromatic carbocycles. The molecule has 1 aromatic heterocycles. The van der Waals surface area contributed by atoms with Crippen molar-refractivity contribution < 1.29 is 23.5 Å². The number of fused-ring (bicyclic) bond motifs is 1. The van der Waals surface area contributed by atoms with E-state index in [1.165, 1.54) is 6.08 Å². The molecule has 0 spiro atoms. The van der Waals surface area contributed by atoms with Gasteiger partial charge in [-0.15, -0.1) is 0 Å². The molecule has 0 aliphatic carbocycles. The van der Waals surface area contributed by atoms with Gasteiger partial charge in [0, 0.05) is 16.5 Å². The molecule has 6 rings (SSSR count). The monoisotopic (exact) mass is 564 g/mol. The van der Waals surface area contributed by atoms with Gasteiger partial charge in [-0.2, -0.15) is 0 Å². The maximum absolute atomic E-state index is 13.5. The first-order valence-electron chi connectivity index (χ1n) is 14.0.